The van der Waals surface area contributed by atoms with Crippen LogP contribution in [0.25, 0.3) is 0 Å². The molecule has 0 amide bonds. The third-order valence-electron chi connectivity index (χ3n) is 3.56. The van der Waals surface area contributed by atoms with Crippen LogP contribution in [-0.4, -0.2) is 29.6 Å². The van der Waals surface area contributed by atoms with Crippen molar-refractivity contribution in [3.05, 3.63) is 64.4 Å². The first-order chi connectivity index (χ1) is 9.83. The molecule has 4 heteroatoms. The second kappa shape index (κ2) is 6.48. The molecule has 2 heterocycles. The molecule has 3 nitrogen and oxygen atoms in total. The van der Waals surface area contributed by atoms with Crippen LogP contribution in [0.5, 0.6) is 0 Å². The average molecular weight is 333 g/mol. The van der Waals surface area contributed by atoms with Crippen molar-refractivity contribution in [1.82, 2.24) is 9.88 Å². The summed E-state index contributed by atoms with van der Waals surface area (Å²) in [6, 6.07) is 12.4. The third kappa shape index (κ3) is 3.26. The molecule has 0 aliphatic carbocycles. The van der Waals surface area contributed by atoms with Crippen LogP contribution in [0.15, 0.2) is 53.3 Å². The van der Waals surface area contributed by atoms with Crippen LogP contribution < -0.4 is 0 Å². The molecule has 0 N–H and O–H groups in total. The van der Waals surface area contributed by atoms with E-state index in [2.05, 4.69) is 56.1 Å². The van der Waals surface area contributed by atoms with E-state index in [-0.39, 0.29) is 6.10 Å². The summed E-state index contributed by atoms with van der Waals surface area (Å²) in [6.07, 6.45) is 3.84. The van der Waals surface area contributed by atoms with Crippen LogP contribution in [0.1, 0.15) is 17.2 Å². The van der Waals surface area contributed by atoms with Crippen molar-refractivity contribution in [3.63, 3.8) is 0 Å². The number of hydrogen-bond acceptors (Lipinski definition) is 3. The molecule has 2 aromatic rings. The molecular weight excluding hydrogens is 316 g/mol. The lowest BCUT2D eigenvalue weighted by Gasteiger charge is -2.33. The molecule has 1 aliphatic rings. The van der Waals surface area contributed by atoms with Gasteiger partial charge >= 0.3 is 0 Å². The van der Waals surface area contributed by atoms with Crippen LogP contribution in [0.3, 0.4) is 0 Å². The van der Waals surface area contributed by atoms with Crippen LogP contribution in [0.4, 0.5) is 0 Å². The Labute approximate surface area is 127 Å². The maximum atomic E-state index is 5.93. The molecule has 3 rings (SSSR count). The van der Waals surface area contributed by atoms with E-state index in [1.807, 2.05) is 18.5 Å². The van der Waals surface area contributed by atoms with Gasteiger partial charge in [0.2, 0.25) is 0 Å². The van der Waals surface area contributed by atoms with Gasteiger partial charge in [-0.3, -0.25) is 9.88 Å². The standard InChI is InChI=1S/C16H17BrN2O/c17-15-4-2-1-3-14(15)16-12-19(9-10-20-16)11-13-5-7-18-8-6-13/h1-8,16H,9-12H2. The predicted octanol–water partition coefficient (Wildman–Crippen LogP) is 3.42. The van der Waals surface area contributed by atoms with Gasteiger partial charge in [-0.05, 0) is 29.3 Å². The SMILES string of the molecule is Brc1ccccc1C1CN(Cc2ccncc2)CCO1. The fraction of sp³-hybridized carbons (Fsp3) is 0.312. The van der Waals surface area contributed by atoms with Crippen LogP contribution in [-0.2, 0) is 11.3 Å². The summed E-state index contributed by atoms with van der Waals surface area (Å²) in [5.74, 6) is 0. The molecular formula is C16H17BrN2O. The second-order valence-corrected chi connectivity index (χ2v) is 5.83. The maximum Gasteiger partial charge on any atom is 0.0963 e. The van der Waals surface area contributed by atoms with E-state index in [9.17, 15) is 0 Å². The summed E-state index contributed by atoms with van der Waals surface area (Å²) in [4.78, 5) is 6.50. The maximum absolute atomic E-state index is 5.93. The molecule has 1 saturated heterocycles. The van der Waals surface area contributed by atoms with E-state index in [0.717, 1.165) is 30.7 Å². The molecule has 1 fully saturated rings. The molecule has 0 bridgehead atoms. The summed E-state index contributed by atoms with van der Waals surface area (Å²) in [6.45, 7) is 3.62. The number of hydrogen-bond donors (Lipinski definition) is 0. The topological polar surface area (TPSA) is 25.4 Å². The second-order valence-electron chi connectivity index (χ2n) is 4.97. The summed E-state index contributed by atoms with van der Waals surface area (Å²) in [7, 11) is 0. The molecule has 1 atom stereocenters. The lowest BCUT2D eigenvalue weighted by atomic mass is 10.1. The Hall–Kier alpha value is -1.23. The monoisotopic (exact) mass is 332 g/mol. The van der Waals surface area contributed by atoms with Crippen molar-refractivity contribution >= 4 is 15.9 Å². The molecule has 104 valence electrons. The summed E-state index contributed by atoms with van der Waals surface area (Å²) in [5.41, 5.74) is 2.53. The Kier molecular flexibility index (Phi) is 4.45. The van der Waals surface area contributed by atoms with Gasteiger partial charge in [-0.15, -0.1) is 0 Å². The van der Waals surface area contributed by atoms with Crippen molar-refractivity contribution < 1.29 is 4.74 Å². The van der Waals surface area contributed by atoms with Gasteiger partial charge in [-0.25, -0.2) is 0 Å². The normalized spacial score (nSPS) is 19.9. The van der Waals surface area contributed by atoms with Gasteiger partial charge in [-0.1, -0.05) is 34.1 Å². The zero-order chi connectivity index (χ0) is 13.8. The quantitative estimate of drug-likeness (QED) is 0.861. The Balaban J connectivity index is 1.69. The molecule has 0 spiro atoms. The molecule has 1 aliphatic heterocycles. The zero-order valence-electron chi connectivity index (χ0n) is 11.2. The van der Waals surface area contributed by atoms with Crippen LogP contribution >= 0.6 is 15.9 Å². The molecule has 0 saturated carbocycles. The Morgan fingerprint density at radius 3 is 2.80 bits per heavy atom. The first kappa shape index (κ1) is 13.7. The number of aromatic nitrogens is 1. The van der Waals surface area contributed by atoms with Gasteiger partial charge in [0.05, 0.1) is 12.7 Å². The highest BCUT2D eigenvalue weighted by molar-refractivity contribution is 9.10. The lowest BCUT2D eigenvalue weighted by molar-refractivity contribution is -0.0332. The number of ether oxygens (including phenoxy) is 1. The summed E-state index contributed by atoms with van der Waals surface area (Å²) >= 11 is 3.61. The summed E-state index contributed by atoms with van der Waals surface area (Å²) in [5, 5.41) is 0. The smallest absolute Gasteiger partial charge is 0.0963 e. The predicted molar refractivity (Wildman–Crippen MR) is 82.3 cm³/mol. The highest BCUT2D eigenvalue weighted by Crippen LogP contribution is 2.29. The van der Waals surface area contributed by atoms with Crippen molar-refractivity contribution in [2.75, 3.05) is 19.7 Å². The van der Waals surface area contributed by atoms with Crippen molar-refractivity contribution in [2.24, 2.45) is 0 Å². The molecule has 1 aromatic carbocycles. The number of morpholine rings is 1. The fourth-order valence-corrected chi connectivity index (χ4v) is 3.06. The van der Waals surface area contributed by atoms with Gasteiger partial charge in [0.1, 0.15) is 0 Å². The number of nitrogens with zero attached hydrogens (tertiary/aromatic N) is 2. The number of benzene rings is 1. The molecule has 1 unspecified atom stereocenters. The average Bonchev–Trinajstić information content (AvgIpc) is 2.49. The van der Waals surface area contributed by atoms with E-state index in [1.165, 1.54) is 11.1 Å². The lowest BCUT2D eigenvalue weighted by Crippen LogP contribution is -2.37. The fourth-order valence-electron chi connectivity index (χ4n) is 2.52. The highest BCUT2D eigenvalue weighted by Gasteiger charge is 2.23. The first-order valence-electron chi connectivity index (χ1n) is 6.80. The zero-order valence-corrected chi connectivity index (χ0v) is 12.8. The van der Waals surface area contributed by atoms with E-state index in [4.69, 9.17) is 4.74 Å². The van der Waals surface area contributed by atoms with Crippen molar-refractivity contribution in [1.29, 1.82) is 0 Å². The minimum atomic E-state index is 0.140. The Morgan fingerprint density at radius 1 is 1.20 bits per heavy atom. The van der Waals surface area contributed by atoms with Crippen molar-refractivity contribution in [3.8, 4) is 0 Å². The molecule has 20 heavy (non-hydrogen) atoms. The van der Waals surface area contributed by atoms with E-state index in [1.54, 1.807) is 0 Å². The molecule has 0 radical (unpaired) electrons. The van der Waals surface area contributed by atoms with Gasteiger partial charge < -0.3 is 4.74 Å². The largest absolute Gasteiger partial charge is 0.371 e. The van der Waals surface area contributed by atoms with Gasteiger partial charge in [0, 0.05) is 36.5 Å². The van der Waals surface area contributed by atoms with Crippen LogP contribution in [0.2, 0.25) is 0 Å². The third-order valence-corrected chi connectivity index (χ3v) is 4.28. The highest BCUT2D eigenvalue weighted by atomic mass is 79.9. The van der Waals surface area contributed by atoms with E-state index in [0.29, 0.717) is 0 Å². The van der Waals surface area contributed by atoms with Crippen LogP contribution in [0, 0.1) is 0 Å². The van der Waals surface area contributed by atoms with Gasteiger partial charge in [-0.2, -0.15) is 0 Å². The minimum absolute atomic E-state index is 0.140. The van der Waals surface area contributed by atoms with Gasteiger partial charge in [0.25, 0.3) is 0 Å². The minimum Gasteiger partial charge on any atom is -0.371 e. The number of rotatable bonds is 3. The molecule has 1 aromatic heterocycles. The van der Waals surface area contributed by atoms with Crippen molar-refractivity contribution in [2.45, 2.75) is 12.6 Å². The van der Waals surface area contributed by atoms with Gasteiger partial charge in [0.15, 0.2) is 0 Å². The Morgan fingerprint density at radius 2 is 2.00 bits per heavy atom. The first-order valence-corrected chi connectivity index (χ1v) is 7.59. The Bertz CT molecular complexity index is 561. The van der Waals surface area contributed by atoms with E-state index < -0.39 is 0 Å². The number of pyridine rings is 1. The van der Waals surface area contributed by atoms with E-state index >= 15 is 0 Å². The number of halogens is 1. The summed E-state index contributed by atoms with van der Waals surface area (Å²) < 4.78 is 7.05.